The first-order valence-corrected chi connectivity index (χ1v) is 9.80. The highest BCUT2D eigenvalue weighted by Crippen LogP contribution is 2.27. The molecule has 9 heteroatoms. The van der Waals surface area contributed by atoms with Gasteiger partial charge < -0.3 is 10.6 Å². The monoisotopic (exact) mass is 419 g/mol. The molecule has 0 aromatic carbocycles. The van der Waals surface area contributed by atoms with Gasteiger partial charge >= 0.3 is 0 Å². The smallest absolute Gasteiger partial charge is 0.155 e. The largest absolute Gasteiger partial charge is 0.365 e. The Morgan fingerprint density at radius 2 is 2.14 bits per heavy atom. The van der Waals surface area contributed by atoms with Gasteiger partial charge in [0, 0.05) is 37.2 Å². The third-order valence-electron chi connectivity index (χ3n) is 4.93. The zero-order chi connectivity index (χ0) is 19.6. The van der Waals surface area contributed by atoms with Crippen molar-refractivity contribution in [2.75, 3.05) is 25.0 Å². The molecular formula is C20H27ClFN7. The summed E-state index contributed by atoms with van der Waals surface area (Å²) in [7, 11) is 0. The van der Waals surface area contributed by atoms with Gasteiger partial charge in [-0.3, -0.25) is 9.67 Å². The predicted molar refractivity (Wildman–Crippen MR) is 115 cm³/mol. The van der Waals surface area contributed by atoms with Gasteiger partial charge in [-0.2, -0.15) is 5.10 Å². The van der Waals surface area contributed by atoms with Crippen LogP contribution < -0.4 is 10.6 Å². The van der Waals surface area contributed by atoms with E-state index in [9.17, 15) is 0 Å². The van der Waals surface area contributed by atoms with Crippen LogP contribution in [-0.4, -0.2) is 50.0 Å². The van der Waals surface area contributed by atoms with Gasteiger partial charge in [0.05, 0.1) is 24.0 Å². The Kier molecular flexibility index (Phi) is 6.64. The molecule has 0 bridgehead atoms. The number of piperidine rings is 1. The molecule has 156 valence electrons. The van der Waals surface area contributed by atoms with E-state index in [1.165, 1.54) is 0 Å². The van der Waals surface area contributed by atoms with Crippen LogP contribution in [0.2, 0.25) is 0 Å². The lowest BCUT2D eigenvalue weighted by Gasteiger charge is -2.30. The Bertz CT molecular complexity index is 953. The highest BCUT2D eigenvalue weighted by atomic mass is 35.5. The van der Waals surface area contributed by atoms with Crippen molar-refractivity contribution in [1.29, 1.82) is 0 Å². The molecule has 0 aliphatic carbocycles. The molecule has 29 heavy (non-hydrogen) atoms. The fraction of sp³-hybridized carbons (Fsp3) is 0.500. The zero-order valence-electron chi connectivity index (χ0n) is 16.7. The number of anilines is 1. The van der Waals surface area contributed by atoms with Crippen LogP contribution in [0.4, 0.5) is 10.2 Å². The second-order valence-electron chi connectivity index (χ2n) is 7.91. The zero-order valence-corrected chi connectivity index (χ0v) is 17.5. The fourth-order valence-electron chi connectivity index (χ4n) is 3.54. The number of nitrogens with one attached hydrogen (secondary N) is 2. The molecule has 4 heterocycles. The first kappa shape index (κ1) is 21.4. The Hall–Kier alpha value is -2.32. The van der Waals surface area contributed by atoms with Crippen molar-refractivity contribution < 1.29 is 4.39 Å². The number of nitrogens with zero attached hydrogens (tertiary/aromatic N) is 5. The summed E-state index contributed by atoms with van der Waals surface area (Å²) in [5.41, 5.74) is 1.74. The molecule has 1 unspecified atom stereocenters. The summed E-state index contributed by atoms with van der Waals surface area (Å²) in [6, 6.07) is 1.90. The van der Waals surface area contributed by atoms with Crippen LogP contribution in [0.5, 0.6) is 0 Å². The number of rotatable bonds is 6. The molecular weight excluding hydrogens is 393 g/mol. The van der Waals surface area contributed by atoms with E-state index in [0.29, 0.717) is 30.2 Å². The van der Waals surface area contributed by atoms with Gasteiger partial charge in [-0.1, -0.05) is 13.8 Å². The molecule has 3 aromatic heterocycles. The molecule has 2 N–H and O–H groups in total. The first-order chi connectivity index (χ1) is 13.5. The van der Waals surface area contributed by atoms with E-state index >= 15 is 4.39 Å². The van der Waals surface area contributed by atoms with Gasteiger partial charge in [0.15, 0.2) is 5.82 Å². The van der Waals surface area contributed by atoms with Gasteiger partial charge in [-0.15, -0.1) is 12.4 Å². The SMILES string of the molecule is CC(C)Cn1cc(-c2cc3nccnc3c(NCC3(F)CCCNC3)n2)cn1.Cl. The standard InChI is InChI=1S/C20H26FN7.ClH/c1-14(2)10-28-11-15(9-26-28)16-8-17-18(24-7-6-23-17)19(27-16)25-13-20(21)4-3-5-22-12-20;/h6-9,11,14,22H,3-5,10,12-13H2,1-2H3,(H,25,27);1H. The summed E-state index contributed by atoms with van der Waals surface area (Å²) >= 11 is 0. The quantitative estimate of drug-likeness (QED) is 0.636. The van der Waals surface area contributed by atoms with E-state index < -0.39 is 5.67 Å². The number of alkyl halides is 1. The van der Waals surface area contributed by atoms with Gasteiger partial charge in [0.1, 0.15) is 11.2 Å². The molecule has 4 rings (SSSR count). The van der Waals surface area contributed by atoms with Crippen molar-refractivity contribution in [3.05, 3.63) is 30.9 Å². The van der Waals surface area contributed by atoms with Crippen LogP contribution in [0, 0.1) is 5.92 Å². The third-order valence-corrected chi connectivity index (χ3v) is 4.93. The molecule has 3 aromatic rings. The van der Waals surface area contributed by atoms with Crippen LogP contribution in [0.1, 0.15) is 26.7 Å². The fourth-order valence-corrected chi connectivity index (χ4v) is 3.54. The molecule has 1 saturated heterocycles. The van der Waals surface area contributed by atoms with E-state index in [-0.39, 0.29) is 19.0 Å². The predicted octanol–water partition coefficient (Wildman–Crippen LogP) is 3.47. The Morgan fingerprint density at radius 3 is 2.90 bits per heavy atom. The van der Waals surface area contributed by atoms with Crippen LogP contribution >= 0.6 is 12.4 Å². The lowest BCUT2D eigenvalue weighted by Crippen LogP contribution is -2.46. The van der Waals surface area contributed by atoms with Crippen LogP contribution in [0.3, 0.4) is 0 Å². The molecule has 1 aliphatic heterocycles. The minimum atomic E-state index is -1.29. The van der Waals surface area contributed by atoms with Gasteiger partial charge in [-0.25, -0.2) is 14.4 Å². The maximum Gasteiger partial charge on any atom is 0.155 e. The lowest BCUT2D eigenvalue weighted by atomic mass is 9.96. The summed E-state index contributed by atoms with van der Waals surface area (Å²) in [4.78, 5) is 13.5. The Morgan fingerprint density at radius 1 is 1.31 bits per heavy atom. The number of fused-ring (bicyclic) bond motifs is 1. The Labute approximate surface area is 175 Å². The minimum absolute atomic E-state index is 0. The number of halogens is 2. The van der Waals surface area contributed by atoms with E-state index in [2.05, 4.69) is 39.5 Å². The van der Waals surface area contributed by atoms with Crippen LogP contribution in [0.15, 0.2) is 30.9 Å². The average Bonchev–Trinajstić information content (AvgIpc) is 3.14. The second-order valence-corrected chi connectivity index (χ2v) is 7.91. The molecule has 1 fully saturated rings. The van der Waals surface area contributed by atoms with Crippen molar-refractivity contribution in [2.45, 2.75) is 38.9 Å². The number of pyridine rings is 1. The molecule has 1 aliphatic rings. The topological polar surface area (TPSA) is 80.5 Å². The minimum Gasteiger partial charge on any atom is -0.365 e. The van der Waals surface area contributed by atoms with Crippen molar-refractivity contribution in [2.24, 2.45) is 5.92 Å². The van der Waals surface area contributed by atoms with Crippen LogP contribution in [0.25, 0.3) is 22.3 Å². The maximum atomic E-state index is 15.0. The lowest BCUT2D eigenvalue weighted by molar-refractivity contribution is 0.137. The molecule has 0 saturated carbocycles. The molecule has 0 spiro atoms. The summed E-state index contributed by atoms with van der Waals surface area (Å²) in [6.45, 7) is 6.56. The van der Waals surface area contributed by atoms with Crippen molar-refractivity contribution in [1.82, 2.24) is 30.0 Å². The van der Waals surface area contributed by atoms with E-state index in [1.54, 1.807) is 18.6 Å². The normalized spacial score (nSPS) is 19.3. The van der Waals surface area contributed by atoms with Crippen LogP contribution in [-0.2, 0) is 6.54 Å². The third kappa shape index (κ3) is 5.00. The Balaban J connectivity index is 0.00000240. The summed E-state index contributed by atoms with van der Waals surface area (Å²) in [5, 5.41) is 10.7. The van der Waals surface area contributed by atoms with E-state index in [4.69, 9.17) is 4.98 Å². The highest BCUT2D eigenvalue weighted by molar-refractivity contribution is 5.88. The summed E-state index contributed by atoms with van der Waals surface area (Å²) in [5.74, 6) is 1.06. The van der Waals surface area contributed by atoms with Crippen molar-refractivity contribution >= 4 is 29.3 Å². The van der Waals surface area contributed by atoms with Crippen molar-refractivity contribution in [3.8, 4) is 11.3 Å². The molecule has 1 atom stereocenters. The summed E-state index contributed by atoms with van der Waals surface area (Å²) < 4.78 is 16.9. The number of aromatic nitrogens is 5. The molecule has 7 nitrogen and oxygen atoms in total. The molecule has 0 radical (unpaired) electrons. The highest BCUT2D eigenvalue weighted by Gasteiger charge is 2.31. The van der Waals surface area contributed by atoms with Gasteiger partial charge in [0.25, 0.3) is 0 Å². The summed E-state index contributed by atoms with van der Waals surface area (Å²) in [6.07, 6.45) is 8.44. The number of hydrogen-bond acceptors (Lipinski definition) is 6. The molecule has 0 amide bonds. The van der Waals surface area contributed by atoms with Gasteiger partial charge in [0.2, 0.25) is 0 Å². The number of hydrogen-bond donors (Lipinski definition) is 2. The van der Waals surface area contributed by atoms with E-state index in [1.807, 2.05) is 16.9 Å². The maximum absolute atomic E-state index is 15.0. The van der Waals surface area contributed by atoms with Gasteiger partial charge in [-0.05, 0) is 31.4 Å². The van der Waals surface area contributed by atoms with Crippen molar-refractivity contribution in [3.63, 3.8) is 0 Å². The first-order valence-electron chi connectivity index (χ1n) is 9.80. The average molecular weight is 420 g/mol. The van der Waals surface area contributed by atoms with E-state index in [0.717, 1.165) is 36.3 Å². The second kappa shape index (κ2) is 9.00.